The molecule has 0 amide bonds. The molecule has 0 saturated carbocycles. The van der Waals surface area contributed by atoms with Gasteiger partial charge >= 0.3 is 5.97 Å². The lowest BCUT2D eigenvalue weighted by Gasteiger charge is -2.17. The average Bonchev–Trinajstić information content (AvgIpc) is 2.44. The maximum absolute atomic E-state index is 11.4. The first kappa shape index (κ1) is 15.4. The Hall–Kier alpha value is -1.62. The lowest BCUT2D eigenvalue weighted by atomic mass is 10.3. The van der Waals surface area contributed by atoms with E-state index in [1.807, 2.05) is 0 Å². The lowest BCUT2D eigenvalue weighted by Crippen LogP contribution is -2.28. The van der Waals surface area contributed by atoms with Gasteiger partial charge in [-0.3, -0.25) is 0 Å². The van der Waals surface area contributed by atoms with Crippen LogP contribution in [0.15, 0.2) is 18.3 Å². The molecule has 1 rings (SSSR count). The number of carbonyl (C=O) groups excluding carboxylic acids is 1. The molecule has 0 unspecified atom stereocenters. The van der Waals surface area contributed by atoms with Gasteiger partial charge in [0.05, 0.1) is 12.2 Å². The number of ether oxygens (including phenoxy) is 2. The van der Waals surface area contributed by atoms with Crippen molar-refractivity contribution in [2.45, 2.75) is 20.8 Å². The molecular weight excluding hydrogens is 244 g/mol. The number of likely N-dealkylation sites (N-methyl/N-ethyl adjacent to an activating group) is 1. The van der Waals surface area contributed by atoms with Crippen LogP contribution in [0.5, 0.6) is 5.88 Å². The number of hydrogen-bond acceptors (Lipinski definition) is 5. The molecule has 0 aliphatic heterocycles. The van der Waals surface area contributed by atoms with E-state index in [0.717, 1.165) is 19.6 Å². The van der Waals surface area contributed by atoms with Crippen LogP contribution in [0.1, 0.15) is 31.1 Å². The number of esters is 1. The van der Waals surface area contributed by atoms with Gasteiger partial charge in [-0.2, -0.15) is 0 Å². The summed E-state index contributed by atoms with van der Waals surface area (Å²) in [6.07, 6.45) is 1.48. The lowest BCUT2D eigenvalue weighted by molar-refractivity contribution is 0.0526. The Kier molecular flexibility index (Phi) is 6.89. The Morgan fingerprint density at radius 2 is 2.00 bits per heavy atom. The van der Waals surface area contributed by atoms with Crippen LogP contribution in [0.25, 0.3) is 0 Å². The second-order valence-corrected chi connectivity index (χ2v) is 3.98. The first-order chi connectivity index (χ1) is 9.21. The van der Waals surface area contributed by atoms with E-state index in [1.165, 1.54) is 6.20 Å². The summed E-state index contributed by atoms with van der Waals surface area (Å²) in [5, 5.41) is 0. The molecule has 5 nitrogen and oxygen atoms in total. The maximum Gasteiger partial charge on any atom is 0.339 e. The minimum absolute atomic E-state index is 0.357. The predicted molar refractivity (Wildman–Crippen MR) is 73.5 cm³/mol. The molecule has 106 valence electrons. The summed E-state index contributed by atoms with van der Waals surface area (Å²) in [5.41, 5.74) is 0.443. The minimum Gasteiger partial charge on any atom is -0.476 e. The summed E-state index contributed by atoms with van der Waals surface area (Å²) >= 11 is 0. The molecule has 0 atom stereocenters. The molecule has 1 aromatic heterocycles. The number of carbonyl (C=O) groups is 1. The summed E-state index contributed by atoms with van der Waals surface area (Å²) in [5.74, 6) is 0.171. The van der Waals surface area contributed by atoms with Crippen molar-refractivity contribution >= 4 is 5.97 Å². The van der Waals surface area contributed by atoms with Crippen LogP contribution >= 0.6 is 0 Å². The fraction of sp³-hybridized carbons (Fsp3) is 0.571. The molecular formula is C14H22N2O3. The second kappa shape index (κ2) is 8.48. The monoisotopic (exact) mass is 266 g/mol. The SMILES string of the molecule is CCOC(=O)c1ccc(OCCN(CC)CC)nc1. The average molecular weight is 266 g/mol. The first-order valence-corrected chi connectivity index (χ1v) is 6.69. The molecule has 0 spiro atoms. The topological polar surface area (TPSA) is 51.7 Å². The summed E-state index contributed by atoms with van der Waals surface area (Å²) in [4.78, 5) is 17.8. The Bertz CT molecular complexity index is 375. The largest absolute Gasteiger partial charge is 0.476 e. The van der Waals surface area contributed by atoms with Gasteiger partial charge in [-0.05, 0) is 26.1 Å². The van der Waals surface area contributed by atoms with Gasteiger partial charge in [-0.1, -0.05) is 13.8 Å². The highest BCUT2D eigenvalue weighted by atomic mass is 16.5. The van der Waals surface area contributed by atoms with Crippen molar-refractivity contribution in [3.8, 4) is 5.88 Å². The van der Waals surface area contributed by atoms with Crippen LogP contribution in [0.3, 0.4) is 0 Å². The van der Waals surface area contributed by atoms with Crippen LogP contribution < -0.4 is 4.74 Å². The number of rotatable bonds is 8. The summed E-state index contributed by atoms with van der Waals surface area (Å²) in [6, 6.07) is 3.35. The summed E-state index contributed by atoms with van der Waals surface area (Å²) in [7, 11) is 0. The quantitative estimate of drug-likeness (QED) is 0.673. The highest BCUT2D eigenvalue weighted by Crippen LogP contribution is 2.08. The third-order valence-corrected chi connectivity index (χ3v) is 2.80. The van der Waals surface area contributed by atoms with Crippen molar-refractivity contribution in [3.63, 3.8) is 0 Å². The summed E-state index contributed by atoms with van der Waals surface area (Å²) in [6.45, 7) is 9.86. The van der Waals surface area contributed by atoms with E-state index in [9.17, 15) is 4.79 Å². The van der Waals surface area contributed by atoms with Gasteiger partial charge in [-0.15, -0.1) is 0 Å². The van der Waals surface area contributed by atoms with Gasteiger partial charge in [0.2, 0.25) is 5.88 Å². The van der Waals surface area contributed by atoms with E-state index < -0.39 is 0 Å². The first-order valence-electron chi connectivity index (χ1n) is 6.69. The molecule has 0 bridgehead atoms. The Balaban J connectivity index is 2.42. The zero-order valence-corrected chi connectivity index (χ0v) is 11.9. The Morgan fingerprint density at radius 1 is 1.26 bits per heavy atom. The molecule has 19 heavy (non-hydrogen) atoms. The Labute approximate surface area is 114 Å². The molecule has 0 radical (unpaired) electrons. The molecule has 0 aliphatic rings. The fourth-order valence-electron chi connectivity index (χ4n) is 1.62. The molecule has 5 heteroatoms. The molecule has 0 fully saturated rings. The minimum atomic E-state index is -0.357. The van der Waals surface area contributed by atoms with Gasteiger partial charge in [-0.25, -0.2) is 9.78 Å². The van der Waals surface area contributed by atoms with Crippen molar-refractivity contribution in [2.75, 3.05) is 32.8 Å². The van der Waals surface area contributed by atoms with E-state index >= 15 is 0 Å². The zero-order valence-electron chi connectivity index (χ0n) is 11.9. The van der Waals surface area contributed by atoms with Gasteiger partial charge in [0.15, 0.2) is 0 Å². The molecule has 0 aliphatic carbocycles. The van der Waals surface area contributed by atoms with Crippen molar-refractivity contribution in [2.24, 2.45) is 0 Å². The van der Waals surface area contributed by atoms with Gasteiger partial charge in [0, 0.05) is 18.8 Å². The van der Waals surface area contributed by atoms with Crippen LogP contribution in [0.2, 0.25) is 0 Å². The highest BCUT2D eigenvalue weighted by molar-refractivity contribution is 5.89. The molecule has 0 saturated heterocycles. The van der Waals surface area contributed by atoms with E-state index in [-0.39, 0.29) is 5.97 Å². The van der Waals surface area contributed by atoms with E-state index in [0.29, 0.717) is 24.7 Å². The number of hydrogen-bond donors (Lipinski definition) is 0. The second-order valence-electron chi connectivity index (χ2n) is 3.98. The standard InChI is InChI=1S/C14H22N2O3/c1-4-16(5-2)9-10-19-13-8-7-12(11-15-13)14(17)18-6-3/h7-8,11H,4-6,9-10H2,1-3H3. The van der Waals surface area contributed by atoms with Crippen molar-refractivity contribution in [1.82, 2.24) is 9.88 Å². The maximum atomic E-state index is 11.4. The van der Waals surface area contributed by atoms with Crippen LogP contribution in [0.4, 0.5) is 0 Å². The Morgan fingerprint density at radius 3 is 2.53 bits per heavy atom. The third kappa shape index (κ3) is 5.26. The molecule has 0 N–H and O–H groups in total. The molecule has 0 aromatic carbocycles. The van der Waals surface area contributed by atoms with Gasteiger partial charge in [0.1, 0.15) is 6.61 Å². The van der Waals surface area contributed by atoms with E-state index in [2.05, 4.69) is 23.7 Å². The molecule has 1 heterocycles. The van der Waals surface area contributed by atoms with Crippen molar-refractivity contribution < 1.29 is 14.3 Å². The van der Waals surface area contributed by atoms with Gasteiger partial charge < -0.3 is 14.4 Å². The van der Waals surface area contributed by atoms with Crippen LogP contribution in [-0.2, 0) is 4.74 Å². The highest BCUT2D eigenvalue weighted by Gasteiger charge is 2.07. The number of aromatic nitrogens is 1. The zero-order chi connectivity index (χ0) is 14.1. The van der Waals surface area contributed by atoms with Crippen LogP contribution in [0, 0.1) is 0 Å². The number of pyridine rings is 1. The predicted octanol–water partition coefficient (Wildman–Crippen LogP) is 1.98. The van der Waals surface area contributed by atoms with Crippen molar-refractivity contribution in [3.05, 3.63) is 23.9 Å². The van der Waals surface area contributed by atoms with Crippen molar-refractivity contribution in [1.29, 1.82) is 0 Å². The fourth-order valence-corrected chi connectivity index (χ4v) is 1.62. The normalized spacial score (nSPS) is 10.5. The van der Waals surface area contributed by atoms with Gasteiger partial charge in [0.25, 0.3) is 0 Å². The smallest absolute Gasteiger partial charge is 0.339 e. The van der Waals surface area contributed by atoms with E-state index in [1.54, 1.807) is 19.1 Å². The molecule has 1 aromatic rings. The van der Waals surface area contributed by atoms with Crippen LogP contribution in [-0.4, -0.2) is 48.7 Å². The number of nitrogens with zero attached hydrogens (tertiary/aromatic N) is 2. The third-order valence-electron chi connectivity index (χ3n) is 2.80. The van der Waals surface area contributed by atoms with E-state index in [4.69, 9.17) is 9.47 Å². The summed E-state index contributed by atoms with van der Waals surface area (Å²) < 4.78 is 10.4.